The van der Waals surface area contributed by atoms with Crippen LogP contribution in [0.3, 0.4) is 0 Å². The van der Waals surface area contributed by atoms with Gasteiger partial charge in [0.25, 0.3) is 0 Å². The van der Waals surface area contributed by atoms with Crippen LogP contribution in [0.2, 0.25) is 0 Å². The van der Waals surface area contributed by atoms with Gasteiger partial charge >= 0.3 is 0 Å². The topological polar surface area (TPSA) is 82.1 Å². The van der Waals surface area contributed by atoms with Crippen molar-refractivity contribution in [3.8, 4) is 5.75 Å². The van der Waals surface area contributed by atoms with Crippen LogP contribution in [0.4, 0.5) is 0 Å². The Labute approximate surface area is 177 Å². The fourth-order valence-corrected chi connectivity index (χ4v) is 4.08. The molecule has 0 aliphatic carbocycles. The molecule has 1 fully saturated rings. The van der Waals surface area contributed by atoms with Crippen molar-refractivity contribution in [3.05, 3.63) is 53.7 Å². The molecule has 3 heterocycles. The van der Waals surface area contributed by atoms with Gasteiger partial charge in [-0.25, -0.2) is 9.67 Å². The van der Waals surface area contributed by atoms with Crippen molar-refractivity contribution in [1.29, 1.82) is 0 Å². The molecule has 1 saturated heterocycles. The Morgan fingerprint density at radius 1 is 1.27 bits per heavy atom. The number of methoxy groups -OCH3 is 1. The number of nitrogens with zero attached hydrogens (tertiary/aromatic N) is 6. The molecule has 3 aromatic rings. The predicted molar refractivity (Wildman–Crippen MR) is 112 cm³/mol. The molecule has 0 radical (unpaired) electrons. The van der Waals surface area contributed by atoms with Gasteiger partial charge in [0.05, 0.1) is 19.6 Å². The molecule has 2 aromatic heterocycles. The Kier molecular flexibility index (Phi) is 6.42. The van der Waals surface area contributed by atoms with Crippen LogP contribution in [0.15, 0.2) is 35.4 Å². The van der Waals surface area contributed by atoms with Crippen molar-refractivity contribution >= 4 is 0 Å². The second-order valence-corrected chi connectivity index (χ2v) is 8.46. The first-order valence-corrected chi connectivity index (χ1v) is 10.6. The Bertz CT molecular complexity index is 937. The molecular weight excluding hydrogens is 380 g/mol. The first-order valence-electron chi connectivity index (χ1n) is 10.6. The highest BCUT2D eigenvalue weighted by Gasteiger charge is 2.26. The number of rotatable bonds is 8. The molecule has 1 aliphatic rings. The van der Waals surface area contributed by atoms with Gasteiger partial charge in [-0.05, 0) is 43.0 Å². The monoisotopic (exact) mass is 410 g/mol. The quantitative estimate of drug-likeness (QED) is 0.563. The minimum Gasteiger partial charge on any atom is -0.496 e. The van der Waals surface area contributed by atoms with Gasteiger partial charge in [0.1, 0.15) is 18.4 Å². The Morgan fingerprint density at radius 2 is 2.17 bits per heavy atom. The SMILES string of the molecule is COc1ccc(CN2CCCC(c3nc(CC(C)C)no3)C2)cc1Cn1cncn1. The Hall–Kier alpha value is -2.74. The van der Waals surface area contributed by atoms with Crippen LogP contribution in [-0.2, 0) is 19.5 Å². The summed E-state index contributed by atoms with van der Waals surface area (Å²) < 4.78 is 12.9. The third-order valence-electron chi connectivity index (χ3n) is 5.48. The van der Waals surface area contributed by atoms with Crippen LogP contribution in [-0.4, -0.2) is 50.0 Å². The lowest BCUT2D eigenvalue weighted by atomic mass is 9.97. The van der Waals surface area contributed by atoms with Crippen LogP contribution in [0.25, 0.3) is 0 Å². The molecule has 1 aliphatic heterocycles. The summed E-state index contributed by atoms with van der Waals surface area (Å²) in [6.07, 6.45) is 6.36. The smallest absolute Gasteiger partial charge is 0.231 e. The standard InChI is InChI=1S/C22H30N6O2/c1-16(2)9-21-25-22(30-26-21)18-5-4-8-27(12-18)11-17-6-7-20(29-3)19(10-17)13-28-15-23-14-24-28/h6-7,10,14-16,18H,4-5,8-9,11-13H2,1-3H3. The highest BCUT2D eigenvalue weighted by molar-refractivity contribution is 5.37. The van der Waals surface area contributed by atoms with Crippen molar-refractivity contribution in [2.75, 3.05) is 20.2 Å². The van der Waals surface area contributed by atoms with Crippen LogP contribution in [0.1, 0.15) is 55.4 Å². The normalized spacial score (nSPS) is 17.5. The fourth-order valence-electron chi connectivity index (χ4n) is 4.08. The first-order chi connectivity index (χ1) is 14.6. The molecule has 0 spiro atoms. The number of hydrogen-bond acceptors (Lipinski definition) is 7. The van der Waals surface area contributed by atoms with E-state index in [4.69, 9.17) is 9.26 Å². The average Bonchev–Trinajstić information content (AvgIpc) is 3.40. The molecule has 30 heavy (non-hydrogen) atoms. The van der Waals surface area contributed by atoms with E-state index in [0.29, 0.717) is 18.4 Å². The second kappa shape index (κ2) is 9.38. The maximum absolute atomic E-state index is 5.59. The highest BCUT2D eigenvalue weighted by atomic mass is 16.5. The zero-order valence-corrected chi connectivity index (χ0v) is 18.0. The summed E-state index contributed by atoms with van der Waals surface area (Å²) >= 11 is 0. The summed E-state index contributed by atoms with van der Waals surface area (Å²) in [6, 6.07) is 6.39. The zero-order valence-electron chi connectivity index (χ0n) is 18.0. The Balaban J connectivity index is 1.43. The molecule has 4 rings (SSSR count). The third kappa shape index (κ3) is 5.05. The van der Waals surface area contributed by atoms with Gasteiger partial charge in [-0.15, -0.1) is 0 Å². The van der Waals surface area contributed by atoms with E-state index < -0.39 is 0 Å². The van der Waals surface area contributed by atoms with Gasteiger partial charge in [-0.1, -0.05) is 25.1 Å². The van der Waals surface area contributed by atoms with Crippen molar-refractivity contribution < 1.29 is 9.26 Å². The van der Waals surface area contributed by atoms with Crippen LogP contribution in [0, 0.1) is 5.92 Å². The summed E-state index contributed by atoms with van der Waals surface area (Å²) in [5, 5.41) is 8.39. The molecule has 8 heteroatoms. The molecule has 0 amide bonds. The lowest BCUT2D eigenvalue weighted by Gasteiger charge is -2.31. The third-order valence-corrected chi connectivity index (χ3v) is 5.48. The van der Waals surface area contributed by atoms with Crippen LogP contribution in [0.5, 0.6) is 5.75 Å². The summed E-state index contributed by atoms with van der Waals surface area (Å²) in [5.41, 5.74) is 2.36. The van der Waals surface area contributed by atoms with Crippen molar-refractivity contribution in [3.63, 3.8) is 0 Å². The highest BCUT2D eigenvalue weighted by Crippen LogP contribution is 2.28. The van der Waals surface area contributed by atoms with Gasteiger partial charge in [0.15, 0.2) is 5.82 Å². The number of ether oxygens (including phenoxy) is 1. The van der Waals surface area contributed by atoms with Gasteiger partial charge in [0, 0.05) is 25.1 Å². The molecule has 0 N–H and O–H groups in total. The van der Waals surface area contributed by atoms with E-state index in [1.54, 1.807) is 19.8 Å². The molecule has 8 nitrogen and oxygen atoms in total. The van der Waals surface area contributed by atoms with E-state index in [9.17, 15) is 0 Å². The van der Waals surface area contributed by atoms with E-state index in [2.05, 4.69) is 51.1 Å². The molecular formula is C22H30N6O2. The largest absolute Gasteiger partial charge is 0.496 e. The van der Waals surface area contributed by atoms with Gasteiger partial charge < -0.3 is 9.26 Å². The van der Waals surface area contributed by atoms with Crippen LogP contribution < -0.4 is 4.74 Å². The minimum atomic E-state index is 0.306. The lowest BCUT2D eigenvalue weighted by Crippen LogP contribution is -2.34. The number of hydrogen-bond donors (Lipinski definition) is 0. The Morgan fingerprint density at radius 3 is 2.93 bits per heavy atom. The molecule has 1 unspecified atom stereocenters. The number of aromatic nitrogens is 5. The van der Waals surface area contributed by atoms with Crippen molar-refractivity contribution in [2.24, 2.45) is 5.92 Å². The number of piperidine rings is 1. The first kappa shape index (κ1) is 20.5. The summed E-state index contributed by atoms with van der Waals surface area (Å²) in [4.78, 5) is 11.2. The summed E-state index contributed by atoms with van der Waals surface area (Å²) in [5.74, 6) is 3.32. The summed E-state index contributed by atoms with van der Waals surface area (Å²) in [6.45, 7) is 7.88. The van der Waals surface area contributed by atoms with E-state index in [1.807, 2.05) is 10.7 Å². The minimum absolute atomic E-state index is 0.306. The van der Waals surface area contributed by atoms with E-state index in [1.165, 1.54) is 5.56 Å². The number of benzene rings is 1. The molecule has 0 saturated carbocycles. The fraction of sp³-hybridized carbons (Fsp3) is 0.545. The van der Waals surface area contributed by atoms with E-state index in [-0.39, 0.29) is 0 Å². The molecule has 1 aromatic carbocycles. The molecule has 0 bridgehead atoms. The lowest BCUT2D eigenvalue weighted by molar-refractivity contribution is 0.180. The van der Waals surface area contributed by atoms with Crippen LogP contribution >= 0.6 is 0 Å². The number of likely N-dealkylation sites (tertiary alicyclic amines) is 1. The van der Waals surface area contributed by atoms with E-state index in [0.717, 1.165) is 61.9 Å². The maximum Gasteiger partial charge on any atom is 0.231 e. The average molecular weight is 411 g/mol. The predicted octanol–water partition coefficient (Wildman–Crippen LogP) is 3.30. The second-order valence-electron chi connectivity index (χ2n) is 8.46. The van der Waals surface area contributed by atoms with E-state index >= 15 is 0 Å². The zero-order chi connectivity index (χ0) is 20.9. The van der Waals surface area contributed by atoms with Crippen molar-refractivity contribution in [1.82, 2.24) is 29.8 Å². The van der Waals surface area contributed by atoms with Gasteiger partial charge in [0.2, 0.25) is 5.89 Å². The maximum atomic E-state index is 5.59. The summed E-state index contributed by atoms with van der Waals surface area (Å²) in [7, 11) is 1.70. The van der Waals surface area contributed by atoms with Gasteiger partial charge in [-0.3, -0.25) is 4.90 Å². The van der Waals surface area contributed by atoms with Crippen molar-refractivity contribution in [2.45, 2.75) is 52.1 Å². The molecule has 160 valence electrons. The van der Waals surface area contributed by atoms with Gasteiger partial charge in [-0.2, -0.15) is 10.1 Å². The molecule has 1 atom stereocenters.